The second-order valence-electron chi connectivity index (χ2n) is 12.9. The van der Waals surface area contributed by atoms with Crippen LogP contribution >= 0.6 is 0 Å². The molecule has 2 bridgehead atoms. The fraction of sp³-hybridized carbons (Fsp3) is 0.371. The lowest BCUT2D eigenvalue weighted by Crippen LogP contribution is -2.55. The molecule has 4 atom stereocenters. The lowest BCUT2D eigenvalue weighted by molar-refractivity contribution is -0.129. The summed E-state index contributed by atoms with van der Waals surface area (Å²) >= 11 is 0. The minimum atomic E-state index is -1.01. The summed E-state index contributed by atoms with van der Waals surface area (Å²) in [7, 11) is 1.82. The quantitative estimate of drug-likeness (QED) is 0.233. The molecule has 3 fully saturated rings. The Labute approximate surface area is 269 Å². The van der Waals surface area contributed by atoms with E-state index in [2.05, 4.69) is 22.5 Å². The predicted molar refractivity (Wildman–Crippen MR) is 172 cm³/mol. The molecule has 3 aliphatic rings. The number of piperazine rings is 1. The Bertz CT molecular complexity index is 1990. The molecular weight excluding hydrogens is 609 g/mol. The van der Waals surface area contributed by atoms with Crippen molar-refractivity contribution in [2.75, 3.05) is 38.2 Å². The number of aromatic hydroxyl groups is 1. The molecule has 3 saturated heterocycles. The minimum Gasteiger partial charge on any atom is -0.508 e. The molecule has 2 aromatic carbocycles. The van der Waals surface area contributed by atoms with Gasteiger partial charge in [-0.3, -0.25) is 14.7 Å². The average molecular weight is 643 g/mol. The molecule has 1 N–H and O–H groups in total. The van der Waals surface area contributed by atoms with E-state index < -0.39 is 23.3 Å². The zero-order chi connectivity index (χ0) is 33.2. The lowest BCUT2D eigenvalue weighted by atomic mass is 9.96. The van der Waals surface area contributed by atoms with Crippen LogP contribution in [0.3, 0.4) is 0 Å². The van der Waals surface area contributed by atoms with Crippen LogP contribution in [0.4, 0.5) is 19.0 Å². The van der Waals surface area contributed by atoms with Gasteiger partial charge in [0.25, 0.3) is 0 Å². The number of phenolic OH excluding ortho intramolecular Hbond substituents is 1. The van der Waals surface area contributed by atoms with Crippen molar-refractivity contribution in [1.82, 2.24) is 24.8 Å². The summed E-state index contributed by atoms with van der Waals surface area (Å²) in [4.78, 5) is 32.0. The molecule has 3 aliphatic heterocycles. The number of halogens is 3. The van der Waals surface area contributed by atoms with Crippen LogP contribution in [0.5, 0.6) is 11.8 Å². The maximum Gasteiger partial charge on any atom is 0.319 e. The number of fused-ring (bicyclic) bond motifs is 4. The number of alkyl halides is 1. The molecule has 4 aromatic rings. The summed E-state index contributed by atoms with van der Waals surface area (Å²) in [6, 6.07) is 5.07. The third-order valence-electron chi connectivity index (χ3n) is 9.87. The summed E-state index contributed by atoms with van der Waals surface area (Å²) in [6.07, 6.45) is 9.29. The van der Waals surface area contributed by atoms with Crippen molar-refractivity contribution >= 4 is 33.4 Å². The van der Waals surface area contributed by atoms with Gasteiger partial charge in [0, 0.05) is 55.3 Å². The summed E-state index contributed by atoms with van der Waals surface area (Å²) in [5.74, 6) is 0.906. The number of amides is 1. The Balaban J connectivity index is 1.37. The highest BCUT2D eigenvalue weighted by Gasteiger charge is 2.43. The van der Waals surface area contributed by atoms with Crippen molar-refractivity contribution in [1.29, 1.82) is 0 Å². The first kappa shape index (κ1) is 30.7. The van der Waals surface area contributed by atoms with E-state index in [-0.39, 0.29) is 77.0 Å². The Morgan fingerprint density at radius 3 is 2.62 bits per heavy atom. The molecule has 2 aromatic heterocycles. The highest BCUT2D eigenvalue weighted by Crippen LogP contribution is 2.40. The van der Waals surface area contributed by atoms with Gasteiger partial charge < -0.3 is 19.6 Å². The topological polar surface area (TPSA) is 94.9 Å². The van der Waals surface area contributed by atoms with Gasteiger partial charge in [-0.2, -0.15) is 9.97 Å². The number of pyridine rings is 1. The van der Waals surface area contributed by atoms with Crippen molar-refractivity contribution in [2.24, 2.45) is 0 Å². The zero-order valence-electron chi connectivity index (χ0n) is 26.0. The number of carbonyl (C=O) groups excluding carboxylic acids is 1. The number of likely N-dealkylation sites (N-methyl/N-ethyl adjacent to an activating group) is 1. The van der Waals surface area contributed by atoms with Gasteiger partial charge in [-0.25, -0.2) is 13.2 Å². The summed E-state index contributed by atoms with van der Waals surface area (Å²) < 4.78 is 52.0. The van der Waals surface area contributed by atoms with E-state index in [4.69, 9.17) is 16.1 Å². The van der Waals surface area contributed by atoms with Crippen LogP contribution < -0.4 is 9.64 Å². The molecule has 1 amide bonds. The highest BCUT2D eigenvalue weighted by molar-refractivity contribution is 6.03. The number of nitrogens with zero attached hydrogens (tertiary/aromatic N) is 6. The first-order chi connectivity index (χ1) is 22.5. The van der Waals surface area contributed by atoms with Crippen LogP contribution in [0, 0.1) is 24.0 Å². The summed E-state index contributed by atoms with van der Waals surface area (Å²) in [5.41, 5.74) is -0.922. The zero-order valence-corrected chi connectivity index (χ0v) is 26.0. The van der Waals surface area contributed by atoms with E-state index in [0.29, 0.717) is 29.7 Å². The van der Waals surface area contributed by atoms with Crippen molar-refractivity contribution in [2.45, 2.75) is 50.0 Å². The van der Waals surface area contributed by atoms with Gasteiger partial charge in [0.05, 0.1) is 16.5 Å². The average Bonchev–Trinajstić information content (AvgIpc) is 3.47. The number of hydrogen-bond acceptors (Lipinski definition) is 8. The molecule has 47 heavy (non-hydrogen) atoms. The number of anilines is 1. The fourth-order valence-electron chi connectivity index (χ4n) is 7.41. The molecule has 7 rings (SSSR count). The molecule has 0 unspecified atom stereocenters. The third-order valence-corrected chi connectivity index (χ3v) is 9.87. The number of aromatic nitrogens is 3. The molecule has 0 aliphatic carbocycles. The van der Waals surface area contributed by atoms with Crippen molar-refractivity contribution < 1.29 is 27.8 Å². The van der Waals surface area contributed by atoms with Crippen molar-refractivity contribution in [3.8, 4) is 35.4 Å². The highest BCUT2D eigenvalue weighted by atomic mass is 19.1. The molecule has 0 saturated carbocycles. The van der Waals surface area contributed by atoms with Crippen LogP contribution in [0.25, 0.3) is 32.9 Å². The smallest absolute Gasteiger partial charge is 0.319 e. The van der Waals surface area contributed by atoms with Gasteiger partial charge in [0.15, 0.2) is 5.82 Å². The van der Waals surface area contributed by atoms with Crippen LogP contribution in [-0.2, 0) is 4.79 Å². The Kier molecular flexibility index (Phi) is 7.47. The van der Waals surface area contributed by atoms with E-state index in [0.717, 1.165) is 12.8 Å². The number of ether oxygens (including phenoxy) is 1. The first-order valence-corrected chi connectivity index (χ1v) is 15.5. The van der Waals surface area contributed by atoms with E-state index >= 15 is 4.39 Å². The van der Waals surface area contributed by atoms with Gasteiger partial charge in [0.1, 0.15) is 41.4 Å². The molecule has 0 radical (unpaired) electrons. The second-order valence-corrected chi connectivity index (χ2v) is 12.9. The fourth-order valence-corrected chi connectivity index (χ4v) is 7.41. The van der Waals surface area contributed by atoms with Gasteiger partial charge >= 0.3 is 6.01 Å². The van der Waals surface area contributed by atoms with Crippen LogP contribution in [0.15, 0.2) is 43.1 Å². The number of carbonyl (C=O) groups is 1. The molecular formula is C35H33F3N6O3. The standard InChI is InChI=1S/C35H33F3N6O3/c1-5-24-27(37)10-7-19-11-23(45)12-25(29(19)24)31-30(38)32-26(14-39-31)33(43-16-21-8-9-22(17-43)44(21)28(46)6-2)41-34(40-32)47-18-35(3)13-20(36)15-42(35)4/h1,6-7,10-12,14,20-22,45H,2,8-9,13,15-18H2,3-4H3/t20-,21-,22+,35+/m1/s1. The summed E-state index contributed by atoms with van der Waals surface area (Å²) in [6.45, 7) is 6.74. The SMILES string of the molecule is C#Cc1c(F)ccc2cc(O)cc(-c3ncc4c(N5C[C@H]6CC[C@@H](C5)N6C(=O)C=C)nc(OC[C@]5(C)C[C@@H](F)CN5C)nc4c3F)c12. The number of likely N-dealkylation sites (tertiary alicyclic amines) is 1. The number of hydrogen-bond donors (Lipinski definition) is 1. The Morgan fingerprint density at radius 2 is 1.96 bits per heavy atom. The summed E-state index contributed by atoms with van der Waals surface area (Å²) in [5, 5.41) is 11.5. The van der Waals surface area contributed by atoms with Crippen molar-refractivity contribution in [3.05, 3.63) is 60.3 Å². The normalized spacial score (nSPS) is 24.2. The van der Waals surface area contributed by atoms with Crippen LogP contribution in [-0.4, -0.2) is 92.8 Å². The third kappa shape index (κ3) is 5.09. The van der Waals surface area contributed by atoms with Crippen molar-refractivity contribution in [3.63, 3.8) is 0 Å². The van der Waals surface area contributed by atoms with Gasteiger partial charge in [-0.15, -0.1) is 6.42 Å². The molecule has 5 heterocycles. The Morgan fingerprint density at radius 1 is 1.21 bits per heavy atom. The number of terminal acetylenes is 1. The maximum atomic E-state index is 16.8. The van der Waals surface area contributed by atoms with E-state index in [1.807, 2.05) is 28.7 Å². The van der Waals surface area contributed by atoms with Crippen LogP contribution in [0.1, 0.15) is 31.7 Å². The minimum absolute atomic E-state index is 0.0588. The van der Waals surface area contributed by atoms with Gasteiger partial charge in [0.2, 0.25) is 5.91 Å². The van der Waals surface area contributed by atoms with E-state index in [1.165, 1.54) is 36.5 Å². The predicted octanol–water partition coefficient (Wildman–Crippen LogP) is 4.99. The maximum absolute atomic E-state index is 16.8. The Hall–Kier alpha value is -4.89. The molecule has 9 nitrogen and oxygen atoms in total. The van der Waals surface area contributed by atoms with Gasteiger partial charge in [-0.1, -0.05) is 18.6 Å². The second kappa shape index (κ2) is 11.4. The van der Waals surface area contributed by atoms with Gasteiger partial charge in [-0.05, 0) is 56.5 Å². The lowest BCUT2D eigenvalue weighted by Gasteiger charge is -2.41. The monoisotopic (exact) mass is 642 g/mol. The molecule has 0 spiro atoms. The van der Waals surface area contributed by atoms with Crippen LogP contribution in [0.2, 0.25) is 0 Å². The number of benzene rings is 2. The van der Waals surface area contributed by atoms with E-state index in [9.17, 15) is 18.7 Å². The largest absolute Gasteiger partial charge is 0.508 e. The first-order valence-electron chi connectivity index (χ1n) is 15.5. The molecule has 12 heteroatoms. The molecule has 242 valence electrons. The van der Waals surface area contributed by atoms with E-state index in [1.54, 1.807) is 0 Å². The number of phenols is 1. The number of rotatable bonds is 6.